The van der Waals surface area contributed by atoms with Gasteiger partial charge in [0.1, 0.15) is 16.2 Å². The summed E-state index contributed by atoms with van der Waals surface area (Å²) in [7, 11) is 0. The Hall–Kier alpha value is -1.69. The number of benzene rings is 1. The second kappa shape index (κ2) is 4.67. The van der Waals surface area contributed by atoms with Crippen LogP contribution >= 0.6 is 15.9 Å². The lowest BCUT2D eigenvalue weighted by atomic mass is 10.2. The van der Waals surface area contributed by atoms with Crippen LogP contribution in [0.4, 0.5) is 21.8 Å². The van der Waals surface area contributed by atoms with Gasteiger partial charge in [0.15, 0.2) is 0 Å². The van der Waals surface area contributed by atoms with Crippen molar-refractivity contribution < 1.29 is 4.39 Å². The van der Waals surface area contributed by atoms with Crippen molar-refractivity contribution in [3.8, 4) is 0 Å². The Morgan fingerprint density at radius 2 is 2.12 bits per heavy atom. The third kappa shape index (κ3) is 2.71. The van der Waals surface area contributed by atoms with E-state index in [0.717, 1.165) is 0 Å². The van der Waals surface area contributed by atoms with Gasteiger partial charge >= 0.3 is 0 Å². The molecule has 0 aliphatic heterocycles. The number of hydrogen-bond acceptors (Lipinski definition) is 4. The number of rotatable bonds is 2. The average molecular weight is 297 g/mol. The van der Waals surface area contributed by atoms with Crippen LogP contribution in [0.25, 0.3) is 0 Å². The van der Waals surface area contributed by atoms with Gasteiger partial charge in [-0.25, -0.2) is 9.37 Å². The molecule has 0 aliphatic rings. The molecule has 1 aromatic carbocycles. The third-order valence-electron chi connectivity index (χ3n) is 2.23. The molecule has 6 heteroatoms. The van der Waals surface area contributed by atoms with Crippen molar-refractivity contribution in [1.29, 1.82) is 0 Å². The van der Waals surface area contributed by atoms with Crippen molar-refractivity contribution in [3.05, 3.63) is 40.2 Å². The van der Waals surface area contributed by atoms with Gasteiger partial charge in [-0.15, -0.1) is 0 Å². The van der Waals surface area contributed by atoms with Crippen molar-refractivity contribution in [2.24, 2.45) is 0 Å². The van der Waals surface area contributed by atoms with Crippen molar-refractivity contribution >= 4 is 33.4 Å². The van der Waals surface area contributed by atoms with E-state index in [1.165, 1.54) is 6.07 Å². The van der Waals surface area contributed by atoms with E-state index in [1.807, 2.05) is 0 Å². The summed E-state index contributed by atoms with van der Waals surface area (Å²) in [5.41, 5.74) is 6.71. The summed E-state index contributed by atoms with van der Waals surface area (Å²) in [5.74, 6) is 0.381. The van der Waals surface area contributed by atoms with E-state index in [2.05, 4.69) is 31.2 Å². The molecule has 0 aliphatic carbocycles. The quantitative estimate of drug-likeness (QED) is 0.836. The monoisotopic (exact) mass is 296 g/mol. The molecule has 2 aromatic rings. The number of hydrogen-bond donors (Lipinski definition) is 2. The highest BCUT2D eigenvalue weighted by Gasteiger charge is 2.06. The second-order valence-electron chi connectivity index (χ2n) is 3.48. The van der Waals surface area contributed by atoms with E-state index < -0.39 is 0 Å². The molecule has 4 nitrogen and oxygen atoms in total. The predicted octanol–water partition coefficient (Wildman–Crippen LogP) is 3.01. The Labute approximate surface area is 106 Å². The summed E-state index contributed by atoms with van der Waals surface area (Å²) in [4.78, 5) is 8.10. The molecular weight excluding hydrogens is 287 g/mol. The third-order valence-corrected chi connectivity index (χ3v) is 2.64. The molecule has 0 fully saturated rings. The topological polar surface area (TPSA) is 63.8 Å². The zero-order valence-electron chi connectivity index (χ0n) is 9.04. The molecule has 0 radical (unpaired) electrons. The van der Waals surface area contributed by atoms with Gasteiger partial charge in [0.2, 0.25) is 5.95 Å². The normalized spacial score (nSPS) is 10.3. The number of nitrogens with one attached hydrogen (secondary N) is 1. The van der Waals surface area contributed by atoms with Gasteiger partial charge in [0, 0.05) is 17.3 Å². The number of halogens is 2. The molecule has 2 rings (SSSR count). The summed E-state index contributed by atoms with van der Waals surface area (Å²) < 4.78 is 13.9. The van der Waals surface area contributed by atoms with Crippen LogP contribution in [-0.4, -0.2) is 9.97 Å². The van der Waals surface area contributed by atoms with Crippen LogP contribution in [0.15, 0.2) is 28.9 Å². The summed E-state index contributed by atoms with van der Waals surface area (Å²) in [6.45, 7) is 1.68. The van der Waals surface area contributed by atoms with Crippen LogP contribution in [0.2, 0.25) is 0 Å². The van der Waals surface area contributed by atoms with Gasteiger partial charge in [-0.05, 0) is 35.0 Å². The van der Waals surface area contributed by atoms with Crippen LogP contribution in [0.1, 0.15) is 5.56 Å². The largest absolute Gasteiger partial charge is 0.383 e. The number of anilines is 3. The zero-order valence-corrected chi connectivity index (χ0v) is 10.6. The van der Waals surface area contributed by atoms with Crippen molar-refractivity contribution in [2.45, 2.75) is 6.92 Å². The van der Waals surface area contributed by atoms with Crippen molar-refractivity contribution in [3.63, 3.8) is 0 Å². The number of aromatic nitrogens is 2. The standard InChI is InChI=1S/C11H10BrFN4/c1-6-7(13)3-2-4-8(6)15-11-16-9(12)5-10(14)17-11/h2-5H,1H3,(H3,14,15,16,17). The fourth-order valence-electron chi connectivity index (χ4n) is 1.35. The fraction of sp³-hybridized carbons (Fsp3) is 0.0909. The molecule has 1 heterocycles. The van der Waals surface area contributed by atoms with Crippen LogP contribution in [0, 0.1) is 12.7 Å². The number of nitrogens with two attached hydrogens (primary N) is 1. The molecule has 0 bridgehead atoms. The van der Waals surface area contributed by atoms with Gasteiger partial charge in [-0.1, -0.05) is 6.07 Å². The first-order valence-electron chi connectivity index (χ1n) is 4.88. The van der Waals surface area contributed by atoms with E-state index in [1.54, 1.807) is 25.1 Å². The maximum Gasteiger partial charge on any atom is 0.230 e. The smallest absolute Gasteiger partial charge is 0.230 e. The highest BCUT2D eigenvalue weighted by Crippen LogP contribution is 2.21. The maximum absolute atomic E-state index is 13.3. The first-order chi connectivity index (χ1) is 8.06. The fourth-order valence-corrected chi connectivity index (χ4v) is 1.76. The van der Waals surface area contributed by atoms with E-state index >= 15 is 0 Å². The van der Waals surface area contributed by atoms with Crippen LogP contribution in [0.5, 0.6) is 0 Å². The minimum Gasteiger partial charge on any atom is -0.383 e. The SMILES string of the molecule is Cc1c(F)cccc1Nc1nc(N)cc(Br)n1. The lowest BCUT2D eigenvalue weighted by Crippen LogP contribution is -2.02. The van der Waals surface area contributed by atoms with E-state index in [4.69, 9.17) is 5.73 Å². The van der Waals surface area contributed by atoms with Crippen molar-refractivity contribution in [1.82, 2.24) is 9.97 Å². The minimum atomic E-state index is -0.280. The van der Waals surface area contributed by atoms with E-state index in [0.29, 0.717) is 27.6 Å². The minimum absolute atomic E-state index is 0.280. The van der Waals surface area contributed by atoms with E-state index in [-0.39, 0.29) is 5.82 Å². The Balaban J connectivity index is 2.34. The lowest BCUT2D eigenvalue weighted by Gasteiger charge is -2.09. The number of nitrogens with zero attached hydrogens (tertiary/aromatic N) is 2. The van der Waals surface area contributed by atoms with Gasteiger partial charge in [0.05, 0.1) is 0 Å². The first kappa shape index (κ1) is 11.8. The Bertz CT molecular complexity index is 539. The van der Waals surface area contributed by atoms with Gasteiger partial charge in [0.25, 0.3) is 0 Å². The highest BCUT2D eigenvalue weighted by molar-refractivity contribution is 9.10. The molecule has 88 valence electrons. The molecule has 0 spiro atoms. The Morgan fingerprint density at radius 1 is 1.35 bits per heavy atom. The molecule has 0 amide bonds. The highest BCUT2D eigenvalue weighted by atomic mass is 79.9. The average Bonchev–Trinajstić information content (AvgIpc) is 2.23. The van der Waals surface area contributed by atoms with Gasteiger partial charge in [-0.3, -0.25) is 0 Å². The Kier molecular flexibility index (Phi) is 3.23. The summed E-state index contributed by atoms with van der Waals surface area (Å²) in [5, 5.41) is 2.92. The van der Waals surface area contributed by atoms with Gasteiger partial charge in [-0.2, -0.15) is 4.98 Å². The molecule has 0 unspecified atom stereocenters. The second-order valence-corrected chi connectivity index (χ2v) is 4.29. The molecule has 1 aromatic heterocycles. The maximum atomic E-state index is 13.3. The molecule has 0 saturated carbocycles. The predicted molar refractivity (Wildman–Crippen MR) is 68.6 cm³/mol. The summed E-state index contributed by atoms with van der Waals surface area (Å²) >= 11 is 3.21. The molecular formula is C11H10BrFN4. The Morgan fingerprint density at radius 3 is 2.82 bits per heavy atom. The first-order valence-corrected chi connectivity index (χ1v) is 5.68. The lowest BCUT2D eigenvalue weighted by molar-refractivity contribution is 0.619. The van der Waals surface area contributed by atoms with Crippen molar-refractivity contribution in [2.75, 3.05) is 11.1 Å². The molecule has 17 heavy (non-hydrogen) atoms. The molecule has 0 atom stereocenters. The summed E-state index contributed by atoms with van der Waals surface area (Å²) in [6, 6.07) is 6.35. The summed E-state index contributed by atoms with van der Waals surface area (Å²) in [6.07, 6.45) is 0. The van der Waals surface area contributed by atoms with Crippen LogP contribution in [-0.2, 0) is 0 Å². The van der Waals surface area contributed by atoms with Gasteiger partial charge < -0.3 is 11.1 Å². The van der Waals surface area contributed by atoms with Crippen LogP contribution < -0.4 is 11.1 Å². The zero-order chi connectivity index (χ0) is 12.4. The molecule has 0 saturated heterocycles. The number of nitrogen functional groups attached to an aromatic ring is 1. The van der Waals surface area contributed by atoms with E-state index in [9.17, 15) is 4.39 Å². The molecule has 3 N–H and O–H groups in total. The van der Waals surface area contributed by atoms with Crippen LogP contribution in [0.3, 0.4) is 0 Å².